The molecule has 2 aromatic rings. The standard InChI is InChI=1S/C17H15BrClN3O2/c18-12-3-11-5-13(24-17(11)14(19)7-12)4-10(6-16(21)23)9-1-2-15(20)22-8-9/h1-3,6-8,13H,4-5H2,(H2,20,22)(H2,21,23). The summed E-state index contributed by atoms with van der Waals surface area (Å²) in [5, 5.41) is 0.566. The smallest absolute Gasteiger partial charge is 0.241 e. The summed E-state index contributed by atoms with van der Waals surface area (Å²) in [4.78, 5) is 15.4. The van der Waals surface area contributed by atoms with Crippen LogP contribution < -0.4 is 16.2 Å². The van der Waals surface area contributed by atoms with Crippen LogP contribution in [0.15, 0.2) is 41.0 Å². The number of ether oxygens (including phenoxy) is 1. The summed E-state index contributed by atoms with van der Waals surface area (Å²) in [6, 6.07) is 7.28. The summed E-state index contributed by atoms with van der Waals surface area (Å²) in [6.45, 7) is 0. The minimum absolute atomic E-state index is 0.130. The van der Waals surface area contributed by atoms with Crippen LogP contribution in [-0.2, 0) is 11.2 Å². The number of pyridine rings is 1. The second kappa shape index (κ2) is 6.83. The van der Waals surface area contributed by atoms with Crippen LogP contribution in [0.5, 0.6) is 5.75 Å². The van der Waals surface area contributed by atoms with Gasteiger partial charge in [-0.15, -0.1) is 0 Å². The van der Waals surface area contributed by atoms with E-state index in [1.54, 1.807) is 18.3 Å². The minimum atomic E-state index is -0.516. The molecule has 1 unspecified atom stereocenters. The number of carbonyl (C=O) groups excluding carboxylic acids is 1. The number of rotatable bonds is 4. The minimum Gasteiger partial charge on any atom is -0.488 e. The lowest BCUT2D eigenvalue weighted by molar-refractivity contribution is -0.113. The lowest BCUT2D eigenvalue weighted by atomic mass is 9.98. The maximum absolute atomic E-state index is 11.4. The number of fused-ring (bicyclic) bond motifs is 1. The molecule has 0 bridgehead atoms. The Hall–Kier alpha value is -2.05. The molecule has 0 radical (unpaired) electrons. The average Bonchev–Trinajstić information content (AvgIpc) is 2.89. The maximum Gasteiger partial charge on any atom is 0.241 e. The SMILES string of the molecule is NC(=O)C=C(CC1Cc2cc(Br)cc(Cl)c2O1)c1ccc(N)nc1. The van der Waals surface area contributed by atoms with Crippen LogP contribution in [-0.4, -0.2) is 17.0 Å². The Labute approximate surface area is 152 Å². The third kappa shape index (κ3) is 3.71. The van der Waals surface area contributed by atoms with E-state index in [2.05, 4.69) is 20.9 Å². The van der Waals surface area contributed by atoms with E-state index < -0.39 is 5.91 Å². The number of anilines is 1. The summed E-state index contributed by atoms with van der Waals surface area (Å²) in [5.74, 6) is 0.593. The number of hydrogen-bond acceptors (Lipinski definition) is 4. The molecule has 4 N–H and O–H groups in total. The average molecular weight is 409 g/mol. The maximum atomic E-state index is 11.4. The molecule has 124 valence electrons. The van der Waals surface area contributed by atoms with Gasteiger partial charge in [0.1, 0.15) is 17.7 Å². The van der Waals surface area contributed by atoms with Gasteiger partial charge in [0.05, 0.1) is 5.02 Å². The van der Waals surface area contributed by atoms with E-state index >= 15 is 0 Å². The number of amides is 1. The molecule has 3 rings (SSSR count). The van der Waals surface area contributed by atoms with Gasteiger partial charge >= 0.3 is 0 Å². The number of halogens is 2. The van der Waals surface area contributed by atoms with Gasteiger partial charge in [-0.25, -0.2) is 4.98 Å². The van der Waals surface area contributed by atoms with Gasteiger partial charge in [-0.05, 0) is 35.4 Å². The highest BCUT2D eigenvalue weighted by Gasteiger charge is 2.27. The monoisotopic (exact) mass is 407 g/mol. The van der Waals surface area contributed by atoms with Crippen molar-refractivity contribution >= 4 is 44.8 Å². The Balaban J connectivity index is 1.84. The number of nitrogen functional groups attached to an aromatic ring is 1. The Morgan fingerprint density at radius 2 is 2.25 bits per heavy atom. The molecule has 1 atom stereocenters. The molecule has 0 fully saturated rings. The van der Waals surface area contributed by atoms with Gasteiger partial charge in [0.25, 0.3) is 0 Å². The van der Waals surface area contributed by atoms with E-state index in [0.29, 0.717) is 29.4 Å². The molecule has 2 heterocycles. The van der Waals surface area contributed by atoms with E-state index in [-0.39, 0.29) is 6.10 Å². The third-order valence-corrected chi connectivity index (χ3v) is 4.48. The van der Waals surface area contributed by atoms with Gasteiger partial charge in [-0.2, -0.15) is 0 Å². The molecule has 7 heteroatoms. The van der Waals surface area contributed by atoms with Crippen molar-refractivity contribution in [2.24, 2.45) is 5.73 Å². The van der Waals surface area contributed by atoms with Crippen molar-refractivity contribution in [2.45, 2.75) is 18.9 Å². The lowest BCUT2D eigenvalue weighted by Crippen LogP contribution is -2.15. The molecule has 1 aromatic carbocycles. The number of nitrogens with two attached hydrogens (primary N) is 2. The lowest BCUT2D eigenvalue weighted by Gasteiger charge is -2.14. The van der Waals surface area contributed by atoms with Gasteiger partial charge in [0.15, 0.2) is 0 Å². The van der Waals surface area contributed by atoms with Crippen molar-refractivity contribution in [1.29, 1.82) is 0 Å². The molecule has 1 aliphatic heterocycles. The zero-order valence-electron chi connectivity index (χ0n) is 12.6. The molecule has 0 saturated carbocycles. The number of primary amides is 1. The van der Waals surface area contributed by atoms with Gasteiger partial charge in [-0.3, -0.25) is 4.79 Å². The summed E-state index contributed by atoms with van der Waals surface area (Å²) in [5.41, 5.74) is 13.5. The predicted molar refractivity (Wildman–Crippen MR) is 97.7 cm³/mol. The fourth-order valence-corrected chi connectivity index (χ4v) is 3.66. The van der Waals surface area contributed by atoms with Crippen molar-refractivity contribution < 1.29 is 9.53 Å². The van der Waals surface area contributed by atoms with Crippen LogP contribution in [0.4, 0.5) is 5.82 Å². The summed E-state index contributed by atoms with van der Waals surface area (Å²) < 4.78 is 6.87. The van der Waals surface area contributed by atoms with Crippen molar-refractivity contribution in [2.75, 3.05) is 5.73 Å². The van der Waals surface area contributed by atoms with E-state index in [0.717, 1.165) is 21.2 Å². The molecule has 24 heavy (non-hydrogen) atoms. The highest BCUT2D eigenvalue weighted by Crippen LogP contribution is 2.40. The Morgan fingerprint density at radius 1 is 1.46 bits per heavy atom. The Bertz CT molecular complexity index is 821. The first kappa shape index (κ1) is 16.8. The molecule has 1 aromatic heterocycles. The number of benzene rings is 1. The van der Waals surface area contributed by atoms with Crippen LogP contribution in [0.2, 0.25) is 5.02 Å². The molecule has 0 saturated heterocycles. The summed E-state index contributed by atoms with van der Waals surface area (Å²) in [7, 11) is 0. The van der Waals surface area contributed by atoms with Crippen molar-refractivity contribution in [3.8, 4) is 5.75 Å². The first-order chi connectivity index (χ1) is 11.4. The van der Waals surface area contributed by atoms with Crippen molar-refractivity contribution in [1.82, 2.24) is 4.98 Å². The van der Waals surface area contributed by atoms with Crippen LogP contribution in [0.1, 0.15) is 17.5 Å². The van der Waals surface area contributed by atoms with Gasteiger partial charge in [0, 0.05) is 35.2 Å². The number of hydrogen-bond donors (Lipinski definition) is 2. The zero-order valence-corrected chi connectivity index (χ0v) is 15.0. The Kier molecular flexibility index (Phi) is 4.78. The van der Waals surface area contributed by atoms with Crippen LogP contribution in [0, 0.1) is 0 Å². The summed E-state index contributed by atoms with van der Waals surface area (Å²) in [6.07, 6.45) is 4.10. The van der Waals surface area contributed by atoms with Crippen LogP contribution in [0.25, 0.3) is 5.57 Å². The fourth-order valence-electron chi connectivity index (χ4n) is 2.74. The second-order valence-corrected chi connectivity index (χ2v) is 6.89. The van der Waals surface area contributed by atoms with E-state index in [9.17, 15) is 4.79 Å². The molecular formula is C17H15BrClN3O2. The van der Waals surface area contributed by atoms with Crippen LogP contribution >= 0.6 is 27.5 Å². The van der Waals surface area contributed by atoms with Gasteiger partial charge < -0.3 is 16.2 Å². The number of aromatic nitrogens is 1. The van der Waals surface area contributed by atoms with E-state index in [1.165, 1.54) is 6.08 Å². The normalized spacial score (nSPS) is 16.6. The van der Waals surface area contributed by atoms with E-state index in [4.69, 9.17) is 27.8 Å². The highest BCUT2D eigenvalue weighted by molar-refractivity contribution is 9.10. The predicted octanol–water partition coefficient (Wildman–Crippen LogP) is 3.34. The number of nitrogens with zero attached hydrogens (tertiary/aromatic N) is 1. The number of carbonyl (C=O) groups is 1. The molecule has 1 amide bonds. The van der Waals surface area contributed by atoms with Crippen LogP contribution in [0.3, 0.4) is 0 Å². The Morgan fingerprint density at radius 3 is 2.92 bits per heavy atom. The van der Waals surface area contributed by atoms with E-state index in [1.807, 2.05) is 12.1 Å². The molecule has 1 aliphatic rings. The topological polar surface area (TPSA) is 91.2 Å². The fraction of sp³-hybridized carbons (Fsp3) is 0.176. The molecule has 5 nitrogen and oxygen atoms in total. The van der Waals surface area contributed by atoms with Crippen molar-refractivity contribution in [3.63, 3.8) is 0 Å². The largest absolute Gasteiger partial charge is 0.488 e. The first-order valence-electron chi connectivity index (χ1n) is 7.29. The zero-order chi connectivity index (χ0) is 17.3. The van der Waals surface area contributed by atoms with Gasteiger partial charge in [0.2, 0.25) is 5.91 Å². The van der Waals surface area contributed by atoms with Gasteiger partial charge in [-0.1, -0.05) is 27.5 Å². The third-order valence-electron chi connectivity index (χ3n) is 3.74. The quantitative estimate of drug-likeness (QED) is 0.759. The molecular weight excluding hydrogens is 394 g/mol. The van der Waals surface area contributed by atoms with Crippen molar-refractivity contribution in [3.05, 3.63) is 57.2 Å². The summed E-state index contributed by atoms with van der Waals surface area (Å²) >= 11 is 9.66. The highest BCUT2D eigenvalue weighted by atomic mass is 79.9. The first-order valence-corrected chi connectivity index (χ1v) is 8.46. The molecule has 0 spiro atoms. The molecule has 0 aliphatic carbocycles. The second-order valence-electron chi connectivity index (χ2n) is 5.57.